The third-order valence-electron chi connectivity index (χ3n) is 5.24. The first kappa shape index (κ1) is 22.2. The summed E-state index contributed by atoms with van der Waals surface area (Å²) in [4.78, 5) is 24.6. The molecule has 1 heterocycles. The molecule has 0 aliphatic carbocycles. The van der Waals surface area contributed by atoms with Crippen LogP contribution in [0.25, 0.3) is 0 Å². The molecule has 9 heteroatoms. The van der Waals surface area contributed by atoms with E-state index in [1.807, 2.05) is 30.3 Å². The van der Waals surface area contributed by atoms with Gasteiger partial charge in [0.05, 0.1) is 0 Å². The van der Waals surface area contributed by atoms with Gasteiger partial charge >= 0.3 is 6.03 Å². The summed E-state index contributed by atoms with van der Waals surface area (Å²) in [5.74, 6) is -3.78. The highest BCUT2D eigenvalue weighted by atomic mass is 19.1. The number of halogens is 3. The van der Waals surface area contributed by atoms with Crippen LogP contribution >= 0.6 is 0 Å². The predicted molar refractivity (Wildman–Crippen MR) is 115 cm³/mol. The molecule has 3 aromatic carbocycles. The van der Waals surface area contributed by atoms with E-state index in [0.717, 1.165) is 29.8 Å². The van der Waals surface area contributed by atoms with Crippen LogP contribution in [0.15, 0.2) is 66.7 Å². The van der Waals surface area contributed by atoms with E-state index in [2.05, 4.69) is 16.0 Å². The second-order valence-electron chi connectivity index (χ2n) is 7.51. The number of hydrogen-bond acceptors (Lipinski definition) is 3. The Balaban J connectivity index is 1.47. The van der Waals surface area contributed by atoms with Gasteiger partial charge < -0.3 is 20.7 Å². The minimum atomic E-state index is -1.20. The lowest BCUT2D eigenvalue weighted by molar-refractivity contribution is -0.120. The summed E-state index contributed by atoms with van der Waals surface area (Å²) in [6.07, 6.45) is 0. The summed E-state index contributed by atoms with van der Waals surface area (Å²) >= 11 is 0. The second-order valence-corrected chi connectivity index (χ2v) is 7.51. The van der Waals surface area contributed by atoms with E-state index in [1.165, 1.54) is 12.1 Å². The molecule has 170 valence electrons. The molecule has 0 radical (unpaired) electrons. The van der Waals surface area contributed by atoms with E-state index < -0.39 is 41.3 Å². The summed E-state index contributed by atoms with van der Waals surface area (Å²) in [5, 5.41) is 7.41. The quantitative estimate of drug-likeness (QED) is 0.524. The van der Waals surface area contributed by atoms with Crippen molar-refractivity contribution < 1.29 is 27.5 Å². The Hall–Kier alpha value is -4.01. The molecule has 33 heavy (non-hydrogen) atoms. The number of hydrogen-bond donors (Lipinski definition) is 3. The van der Waals surface area contributed by atoms with Gasteiger partial charge in [-0.1, -0.05) is 30.3 Å². The van der Waals surface area contributed by atoms with E-state index in [0.29, 0.717) is 5.69 Å². The average Bonchev–Trinajstić information content (AvgIpc) is 3.14. The highest BCUT2D eigenvalue weighted by Gasteiger charge is 2.40. The fourth-order valence-electron chi connectivity index (χ4n) is 3.64. The summed E-state index contributed by atoms with van der Waals surface area (Å²) in [6, 6.07) is 14.3. The first-order valence-corrected chi connectivity index (χ1v) is 10.2. The van der Waals surface area contributed by atoms with Crippen molar-refractivity contribution in [3.63, 3.8) is 0 Å². The lowest BCUT2D eigenvalue weighted by Crippen LogP contribution is -2.45. The van der Waals surface area contributed by atoms with Crippen molar-refractivity contribution >= 4 is 17.6 Å². The number of benzene rings is 3. The zero-order valence-electron chi connectivity index (χ0n) is 17.3. The number of nitrogens with one attached hydrogen (secondary N) is 3. The van der Waals surface area contributed by atoms with Crippen molar-refractivity contribution in [2.24, 2.45) is 0 Å². The van der Waals surface area contributed by atoms with Gasteiger partial charge in [-0.25, -0.2) is 18.0 Å². The van der Waals surface area contributed by atoms with Gasteiger partial charge in [0.15, 0.2) is 0 Å². The second kappa shape index (κ2) is 9.64. The zero-order chi connectivity index (χ0) is 23.4. The SMILES string of the molecule is O=C(Nc1ccc(F)cc1)NC1C(=O)NCC1c1c(F)cc(OCc2ccccc2)cc1F. The average molecular weight is 455 g/mol. The number of carbonyl (C=O) groups excluding carboxylic acids is 2. The van der Waals surface area contributed by atoms with E-state index >= 15 is 0 Å². The molecular formula is C24H20F3N3O3. The Morgan fingerprint density at radius 2 is 1.67 bits per heavy atom. The van der Waals surface area contributed by atoms with Crippen LogP contribution < -0.4 is 20.7 Å². The third-order valence-corrected chi connectivity index (χ3v) is 5.24. The molecule has 6 nitrogen and oxygen atoms in total. The fraction of sp³-hybridized carbons (Fsp3) is 0.167. The molecule has 1 saturated heterocycles. The molecule has 2 atom stereocenters. The normalized spacial score (nSPS) is 17.4. The minimum Gasteiger partial charge on any atom is -0.489 e. The zero-order valence-corrected chi connectivity index (χ0v) is 17.3. The number of anilines is 1. The molecule has 1 aliphatic rings. The van der Waals surface area contributed by atoms with E-state index in [-0.39, 0.29) is 24.5 Å². The van der Waals surface area contributed by atoms with Crippen LogP contribution in [0.5, 0.6) is 5.75 Å². The topological polar surface area (TPSA) is 79.5 Å². The van der Waals surface area contributed by atoms with E-state index in [9.17, 15) is 22.8 Å². The van der Waals surface area contributed by atoms with E-state index in [4.69, 9.17) is 4.74 Å². The molecule has 0 bridgehead atoms. The fourth-order valence-corrected chi connectivity index (χ4v) is 3.64. The predicted octanol–water partition coefficient (Wildman–Crippen LogP) is 4.09. The summed E-state index contributed by atoms with van der Waals surface area (Å²) in [6.45, 7) is 0.0780. The summed E-state index contributed by atoms with van der Waals surface area (Å²) < 4.78 is 48.3. The van der Waals surface area contributed by atoms with Gasteiger partial charge in [-0.15, -0.1) is 0 Å². The van der Waals surface area contributed by atoms with Crippen molar-refractivity contribution in [2.45, 2.75) is 18.6 Å². The Morgan fingerprint density at radius 1 is 1.00 bits per heavy atom. The van der Waals surface area contributed by atoms with Crippen molar-refractivity contribution in [3.05, 3.63) is 95.3 Å². The monoisotopic (exact) mass is 455 g/mol. The summed E-state index contributed by atoms with van der Waals surface area (Å²) in [7, 11) is 0. The molecule has 0 saturated carbocycles. The molecule has 3 amide bonds. The standard InChI is InChI=1S/C24H20F3N3O3/c25-15-6-8-16(9-7-15)29-24(32)30-22-18(12-28-23(22)31)21-19(26)10-17(11-20(21)27)33-13-14-4-2-1-3-5-14/h1-11,18,22H,12-13H2,(H,28,31)(H2,29,30,32). The largest absolute Gasteiger partial charge is 0.489 e. The highest BCUT2D eigenvalue weighted by molar-refractivity contribution is 5.95. The first-order chi connectivity index (χ1) is 15.9. The van der Waals surface area contributed by atoms with Crippen LogP contribution in [0.2, 0.25) is 0 Å². The third kappa shape index (κ3) is 5.25. The number of ether oxygens (including phenoxy) is 1. The van der Waals surface area contributed by atoms with Crippen molar-refractivity contribution in [1.82, 2.24) is 10.6 Å². The number of urea groups is 1. The van der Waals surface area contributed by atoms with Crippen LogP contribution in [-0.2, 0) is 11.4 Å². The number of amides is 3. The van der Waals surface area contributed by atoms with Crippen molar-refractivity contribution in [3.8, 4) is 5.75 Å². The molecule has 0 spiro atoms. The first-order valence-electron chi connectivity index (χ1n) is 10.2. The van der Waals surface area contributed by atoms with Crippen molar-refractivity contribution in [2.75, 3.05) is 11.9 Å². The molecular weight excluding hydrogens is 435 g/mol. The molecule has 1 aliphatic heterocycles. The van der Waals surface area contributed by atoms with Gasteiger partial charge in [-0.2, -0.15) is 0 Å². The van der Waals surface area contributed by atoms with Crippen LogP contribution in [-0.4, -0.2) is 24.5 Å². The van der Waals surface area contributed by atoms with Gasteiger partial charge in [0.2, 0.25) is 5.91 Å². The molecule has 3 aromatic rings. The van der Waals surface area contributed by atoms with Gasteiger partial charge in [-0.3, -0.25) is 4.79 Å². The molecule has 1 fully saturated rings. The number of rotatable bonds is 6. The lowest BCUT2D eigenvalue weighted by atomic mass is 9.93. The molecule has 4 rings (SSSR count). The van der Waals surface area contributed by atoms with Crippen LogP contribution in [0.1, 0.15) is 17.0 Å². The maximum Gasteiger partial charge on any atom is 0.319 e. The maximum atomic E-state index is 14.9. The highest BCUT2D eigenvalue weighted by Crippen LogP contribution is 2.31. The van der Waals surface area contributed by atoms with Gasteiger partial charge in [-0.05, 0) is 29.8 Å². The van der Waals surface area contributed by atoms with Gasteiger partial charge in [0.1, 0.15) is 35.8 Å². The van der Waals surface area contributed by atoms with Crippen LogP contribution in [0, 0.1) is 17.5 Å². The minimum absolute atomic E-state index is 0.00782. The molecule has 0 aromatic heterocycles. The van der Waals surface area contributed by atoms with Crippen LogP contribution in [0.4, 0.5) is 23.7 Å². The van der Waals surface area contributed by atoms with Gasteiger partial charge in [0.25, 0.3) is 0 Å². The Bertz CT molecular complexity index is 1130. The lowest BCUT2D eigenvalue weighted by Gasteiger charge is -2.20. The summed E-state index contributed by atoms with van der Waals surface area (Å²) in [5.41, 5.74) is 0.804. The molecule has 2 unspecified atom stereocenters. The Labute approximate surface area is 187 Å². The smallest absolute Gasteiger partial charge is 0.319 e. The molecule has 3 N–H and O–H groups in total. The maximum absolute atomic E-state index is 14.9. The number of carbonyl (C=O) groups is 2. The van der Waals surface area contributed by atoms with E-state index in [1.54, 1.807) is 0 Å². The Morgan fingerprint density at radius 3 is 2.33 bits per heavy atom. The van der Waals surface area contributed by atoms with Crippen LogP contribution in [0.3, 0.4) is 0 Å². The van der Waals surface area contributed by atoms with Gasteiger partial charge in [0, 0.05) is 35.8 Å². The Kier molecular flexibility index (Phi) is 6.48. The van der Waals surface area contributed by atoms with Crippen molar-refractivity contribution in [1.29, 1.82) is 0 Å².